The molecule has 5 heteroatoms. The molecule has 2 aromatic heterocycles. The summed E-state index contributed by atoms with van der Waals surface area (Å²) in [5, 5.41) is 4.93. The second kappa shape index (κ2) is 5.49. The number of aryl methyl sites for hydroxylation is 1. The molecule has 1 aromatic carbocycles. The summed E-state index contributed by atoms with van der Waals surface area (Å²) in [5.41, 5.74) is 10.7. The number of anilines is 1. The van der Waals surface area contributed by atoms with Crippen molar-refractivity contribution in [2.75, 3.05) is 5.73 Å². The zero-order valence-electron chi connectivity index (χ0n) is 13.3. The summed E-state index contributed by atoms with van der Waals surface area (Å²) in [4.78, 5) is 5.97. The molecule has 0 aliphatic heterocycles. The molecule has 0 spiro atoms. The zero-order valence-corrected chi connectivity index (χ0v) is 14.1. The van der Waals surface area contributed by atoms with Crippen LogP contribution in [-0.4, -0.2) is 10.1 Å². The molecular weight excluding hydrogens is 306 g/mol. The van der Waals surface area contributed by atoms with E-state index in [1.165, 1.54) is 22.4 Å². The average molecular weight is 325 g/mol. The molecule has 0 radical (unpaired) electrons. The average Bonchev–Trinajstić information content (AvgIpc) is 3.11. The molecular formula is C18H19N3OS. The molecule has 1 aliphatic carbocycles. The number of hydrogen-bond donors (Lipinski definition) is 1. The van der Waals surface area contributed by atoms with E-state index in [9.17, 15) is 0 Å². The predicted molar refractivity (Wildman–Crippen MR) is 93.4 cm³/mol. The Morgan fingerprint density at radius 1 is 1.26 bits per heavy atom. The van der Waals surface area contributed by atoms with Gasteiger partial charge in [-0.1, -0.05) is 41.9 Å². The van der Waals surface area contributed by atoms with Crippen LogP contribution < -0.4 is 5.73 Å². The van der Waals surface area contributed by atoms with Crippen LogP contribution in [-0.2, 0) is 12.8 Å². The number of aromatic nitrogens is 2. The highest BCUT2D eigenvalue weighted by Gasteiger charge is 2.26. The SMILES string of the molecule is Cc1ccc(-c2noc(-c3c(N)sc4c3CCC(C)C4)n2)cc1. The molecule has 1 atom stereocenters. The summed E-state index contributed by atoms with van der Waals surface area (Å²) in [6.07, 6.45) is 3.33. The summed E-state index contributed by atoms with van der Waals surface area (Å²) in [6.45, 7) is 4.35. The Kier molecular flexibility index (Phi) is 3.45. The van der Waals surface area contributed by atoms with E-state index in [1.54, 1.807) is 11.3 Å². The maximum atomic E-state index is 6.26. The summed E-state index contributed by atoms with van der Waals surface area (Å²) < 4.78 is 5.53. The highest BCUT2D eigenvalue weighted by molar-refractivity contribution is 7.16. The van der Waals surface area contributed by atoms with Crippen LogP contribution in [0.5, 0.6) is 0 Å². The summed E-state index contributed by atoms with van der Waals surface area (Å²) >= 11 is 1.67. The van der Waals surface area contributed by atoms with Crippen LogP contribution >= 0.6 is 11.3 Å². The third-order valence-corrected chi connectivity index (χ3v) is 5.57. The topological polar surface area (TPSA) is 64.9 Å². The third kappa shape index (κ3) is 2.55. The smallest absolute Gasteiger partial charge is 0.261 e. The van der Waals surface area contributed by atoms with Crippen LogP contribution in [0.3, 0.4) is 0 Å². The number of benzene rings is 1. The first-order valence-corrected chi connectivity index (χ1v) is 8.74. The Hall–Kier alpha value is -2.14. The Balaban J connectivity index is 1.74. The fourth-order valence-corrected chi connectivity index (χ4v) is 4.42. The fraction of sp³-hybridized carbons (Fsp3) is 0.333. The van der Waals surface area contributed by atoms with Gasteiger partial charge in [0.2, 0.25) is 5.82 Å². The maximum Gasteiger partial charge on any atom is 0.261 e. The first-order chi connectivity index (χ1) is 11.1. The minimum Gasteiger partial charge on any atom is -0.390 e. The van der Waals surface area contributed by atoms with Crippen molar-refractivity contribution in [3.05, 3.63) is 40.3 Å². The van der Waals surface area contributed by atoms with Gasteiger partial charge in [0.15, 0.2) is 0 Å². The highest BCUT2D eigenvalue weighted by Crippen LogP contribution is 2.43. The molecule has 0 fully saturated rings. The molecule has 23 heavy (non-hydrogen) atoms. The van der Waals surface area contributed by atoms with Crippen LogP contribution in [0.2, 0.25) is 0 Å². The van der Waals surface area contributed by atoms with Crippen molar-refractivity contribution in [3.63, 3.8) is 0 Å². The number of nitrogens with two attached hydrogens (primary N) is 1. The standard InChI is InChI=1S/C18H19N3OS/c1-10-3-6-12(7-4-10)17-20-18(22-21-17)15-13-8-5-11(2)9-14(13)23-16(15)19/h3-4,6-7,11H,5,8-9,19H2,1-2H3. The number of rotatable bonds is 2. The minimum absolute atomic E-state index is 0.546. The molecule has 1 aliphatic rings. The van der Waals surface area contributed by atoms with E-state index in [2.05, 4.69) is 24.0 Å². The quantitative estimate of drug-likeness (QED) is 0.754. The van der Waals surface area contributed by atoms with Crippen molar-refractivity contribution in [1.82, 2.24) is 10.1 Å². The lowest BCUT2D eigenvalue weighted by molar-refractivity contribution is 0.431. The van der Waals surface area contributed by atoms with Crippen LogP contribution in [0.4, 0.5) is 5.00 Å². The van der Waals surface area contributed by atoms with Crippen molar-refractivity contribution in [2.45, 2.75) is 33.1 Å². The van der Waals surface area contributed by atoms with Gasteiger partial charge in [-0.05, 0) is 37.7 Å². The van der Waals surface area contributed by atoms with Crippen LogP contribution in [0.25, 0.3) is 22.8 Å². The van der Waals surface area contributed by atoms with Gasteiger partial charge < -0.3 is 10.3 Å². The molecule has 2 heterocycles. The van der Waals surface area contributed by atoms with Gasteiger partial charge in [0.25, 0.3) is 5.89 Å². The number of nitrogens with zero attached hydrogens (tertiary/aromatic N) is 2. The normalized spacial score (nSPS) is 17.2. The second-order valence-electron chi connectivity index (χ2n) is 6.38. The van der Waals surface area contributed by atoms with Crippen molar-refractivity contribution in [1.29, 1.82) is 0 Å². The van der Waals surface area contributed by atoms with Gasteiger partial charge in [0.1, 0.15) is 0 Å². The molecule has 1 unspecified atom stereocenters. The first kappa shape index (κ1) is 14.5. The highest BCUT2D eigenvalue weighted by atomic mass is 32.1. The van der Waals surface area contributed by atoms with Crippen molar-refractivity contribution in [2.24, 2.45) is 5.92 Å². The lowest BCUT2D eigenvalue weighted by Crippen LogP contribution is -2.09. The minimum atomic E-state index is 0.546. The van der Waals surface area contributed by atoms with Gasteiger partial charge in [-0.2, -0.15) is 4.98 Å². The molecule has 0 saturated heterocycles. The monoisotopic (exact) mass is 325 g/mol. The Labute approximate surface area is 139 Å². The Morgan fingerprint density at radius 2 is 2.04 bits per heavy atom. The van der Waals surface area contributed by atoms with Crippen molar-refractivity contribution in [3.8, 4) is 22.8 Å². The van der Waals surface area contributed by atoms with E-state index in [0.29, 0.717) is 11.7 Å². The lowest BCUT2D eigenvalue weighted by atomic mass is 9.88. The van der Waals surface area contributed by atoms with E-state index < -0.39 is 0 Å². The van der Waals surface area contributed by atoms with Gasteiger partial charge in [-0.25, -0.2) is 0 Å². The van der Waals surface area contributed by atoms with E-state index in [1.807, 2.05) is 24.3 Å². The molecule has 2 N–H and O–H groups in total. The molecule has 0 saturated carbocycles. The summed E-state index contributed by atoms with van der Waals surface area (Å²) in [5.74, 6) is 1.88. The molecule has 4 nitrogen and oxygen atoms in total. The fourth-order valence-electron chi connectivity index (χ4n) is 3.15. The molecule has 0 bridgehead atoms. The van der Waals surface area contributed by atoms with E-state index in [0.717, 1.165) is 34.9 Å². The Morgan fingerprint density at radius 3 is 2.83 bits per heavy atom. The summed E-state index contributed by atoms with van der Waals surface area (Å²) in [7, 11) is 0. The largest absolute Gasteiger partial charge is 0.390 e. The molecule has 0 amide bonds. The lowest BCUT2D eigenvalue weighted by Gasteiger charge is -2.18. The van der Waals surface area contributed by atoms with Gasteiger partial charge in [-0.15, -0.1) is 11.3 Å². The summed E-state index contributed by atoms with van der Waals surface area (Å²) in [6, 6.07) is 8.12. The maximum absolute atomic E-state index is 6.26. The Bertz CT molecular complexity index is 848. The van der Waals surface area contributed by atoms with Crippen LogP contribution in [0.15, 0.2) is 28.8 Å². The third-order valence-electron chi connectivity index (χ3n) is 4.49. The first-order valence-electron chi connectivity index (χ1n) is 7.93. The van der Waals surface area contributed by atoms with Crippen molar-refractivity contribution < 1.29 is 4.52 Å². The predicted octanol–water partition coefficient (Wildman–Crippen LogP) is 4.48. The molecule has 4 rings (SSSR count). The van der Waals surface area contributed by atoms with Gasteiger partial charge in [0, 0.05) is 10.4 Å². The molecule has 3 aromatic rings. The van der Waals surface area contributed by atoms with Gasteiger partial charge in [0.05, 0.1) is 10.6 Å². The zero-order chi connectivity index (χ0) is 16.0. The van der Waals surface area contributed by atoms with E-state index in [4.69, 9.17) is 10.3 Å². The second-order valence-corrected chi connectivity index (χ2v) is 7.52. The van der Waals surface area contributed by atoms with E-state index in [-0.39, 0.29) is 0 Å². The number of fused-ring (bicyclic) bond motifs is 1. The number of hydrogen-bond acceptors (Lipinski definition) is 5. The number of nitrogen functional groups attached to an aromatic ring is 1. The molecule has 118 valence electrons. The van der Waals surface area contributed by atoms with Gasteiger partial charge in [-0.3, -0.25) is 0 Å². The van der Waals surface area contributed by atoms with E-state index >= 15 is 0 Å². The number of thiophene rings is 1. The van der Waals surface area contributed by atoms with Crippen LogP contribution in [0.1, 0.15) is 29.3 Å². The van der Waals surface area contributed by atoms with Crippen LogP contribution in [0, 0.1) is 12.8 Å². The van der Waals surface area contributed by atoms with Gasteiger partial charge >= 0.3 is 0 Å². The van der Waals surface area contributed by atoms with Crippen molar-refractivity contribution >= 4 is 16.3 Å².